The van der Waals surface area contributed by atoms with Crippen LogP contribution in [0.15, 0.2) is 103 Å². The molecule has 6 rings (SSSR count). The maximum absolute atomic E-state index is 13.6. The zero-order chi connectivity index (χ0) is 20.8. The number of carbonyl (C=O) groups excluding carboxylic acids is 1. The molecule has 0 unspecified atom stereocenters. The number of fused-ring (bicyclic) bond motifs is 3. The van der Waals surface area contributed by atoms with Crippen LogP contribution in [0, 0.1) is 0 Å². The summed E-state index contributed by atoms with van der Waals surface area (Å²) in [5.41, 5.74) is 5.02. The molecule has 0 atom stereocenters. The fourth-order valence-electron chi connectivity index (χ4n) is 3.97. The van der Waals surface area contributed by atoms with Crippen LogP contribution in [0.5, 0.6) is 0 Å². The lowest BCUT2D eigenvalue weighted by Gasteiger charge is -2.05. The van der Waals surface area contributed by atoms with Gasteiger partial charge in [0.1, 0.15) is 0 Å². The molecule has 0 aliphatic heterocycles. The van der Waals surface area contributed by atoms with Gasteiger partial charge in [-0.2, -0.15) is 0 Å². The van der Waals surface area contributed by atoms with Crippen LogP contribution in [0.1, 0.15) is 10.4 Å². The number of carbonyl (C=O) groups is 1. The Morgan fingerprint density at radius 3 is 1.45 bits per heavy atom. The molecular weight excluding hydrogens is 418 g/mol. The molecule has 0 radical (unpaired) electrons. The first-order valence-corrected chi connectivity index (χ1v) is 11.7. The number of benzene rings is 3. The highest BCUT2D eigenvalue weighted by Gasteiger charge is 2.22. The minimum absolute atomic E-state index is 0.00965. The lowest BCUT2D eigenvalue weighted by atomic mass is 10.2. The van der Waals surface area contributed by atoms with Crippen molar-refractivity contribution in [3.05, 3.63) is 109 Å². The summed E-state index contributed by atoms with van der Waals surface area (Å²) in [6, 6.07) is 34.6. The average molecular weight is 436 g/mol. The number of aromatic nitrogens is 1. The molecule has 0 saturated heterocycles. The molecule has 31 heavy (non-hydrogen) atoms. The van der Waals surface area contributed by atoms with Crippen LogP contribution < -0.4 is 0 Å². The van der Waals surface area contributed by atoms with Gasteiger partial charge in [-0.15, -0.1) is 22.7 Å². The highest BCUT2D eigenvalue weighted by Crippen LogP contribution is 2.45. The zero-order valence-corrected chi connectivity index (χ0v) is 18.1. The Hall–Kier alpha value is -3.47. The smallest absolute Gasteiger partial charge is 0.262 e. The van der Waals surface area contributed by atoms with Gasteiger partial charge in [0.25, 0.3) is 5.91 Å². The van der Waals surface area contributed by atoms with Gasteiger partial charge < -0.3 is 0 Å². The second-order valence-corrected chi connectivity index (χ2v) is 9.49. The zero-order valence-electron chi connectivity index (χ0n) is 16.5. The maximum atomic E-state index is 13.6. The molecule has 0 aliphatic carbocycles. The highest BCUT2D eigenvalue weighted by atomic mass is 32.1. The lowest BCUT2D eigenvalue weighted by molar-refractivity contribution is 0.0969. The van der Waals surface area contributed by atoms with Gasteiger partial charge in [-0.1, -0.05) is 78.9 Å². The molecule has 0 fully saturated rings. The van der Waals surface area contributed by atoms with Gasteiger partial charge in [0.15, 0.2) is 0 Å². The van der Waals surface area contributed by atoms with Gasteiger partial charge in [-0.05, 0) is 35.4 Å². The van der Waals surface area contributed by atoms with E-state index >= 15 is 0 Å². The Bertz CT molecular complexity index is 1430. The Balaban J connectivity index is 1.63. The van der Waals surface area contributed by atoms with Crippen LogP contribution in [0.3, 0.4) is 0 Å². The molecule has 0 aliphatic rings. The fraction of sp³-hybridized carbons (Fsp3) is 0. The minimum Gasteiger partial charge on any atom is -0.274 e. The predicted molar refractivity (Wildman–Crippen MR) is 132 cm³/mol. The van der Waals surface area contributed by atoms with Gasteiger partial charge in [-0.3, -0.25) is 9.36 Å². The third-order valence-corrected chi connectivity index (χ3v) is 7.96. The van der Waals surface area contributed by atoms with Gasteiger partial charge in [0.05, 0.1) is 20.4 Å². The van der Waals surface area contributed by atoms with Gasteiger partial charge in [-0.25, -0.2) is 0 Å². The first kappa shape index (κ1) is 18.3. The topological polar surface area (TPSA) is 22.0 Å². The van der Waals surface area contributed by atoms with Crippen LogP contribution >= 0.6 is 22.7 Å². The Labute approximate surface area is 187 Å². The number of hydrogen-bond donors (Lipinski definition) is 0. The van der Waals surface area contributed by atoms with Gasteiger partial charge in [0.2, 0.25) is 0 Å². The van der Waals surface area contributed by atoms with E-state index in [4.69, 9.17) is 0 Å². The van der Waals surface area contributed by atoms with Crippen molar-refractivity contribution in [1.29, 1.82) is 0 Å². The summed E-state index contributed by atoms with van der Waals surface area (Å²) in [5, 5.41) is 0. The summed E-state index contributed by atoms with van der Waals surface area (Å²) >= 11 is 3.52. The van der Waals surface area contributed by atoms with Crippen LogP contribution in [-0.4, -0.2) is 10.5 Å². The van der Waals surface area contributed by atoms with Gasteiger partial charge >= 0.3 is 0 Å². The van der Waals surface area contributed by atoms with Crippen molar-refractivity contribution in [3.8, 4) is 20.9 Å². The summed E-state index contributed by atoms with van der Waals surface area (Å²) in [6.45, 7) is 0. The maximum Gasteiger partial charge on any atom is 0.262 e. The van der Waals surface area contributed by atoms with E-state index in [0.29, 0.717) is 5.56 Å². The largest absolute Gasteiger partial charge is 0.274 e. The molecule has 148 valence electrons. The van der Waals surface area contributed by atoms with Crippen molar-refractivity contribution in [1.82, 2.24) is 4.57 Å². The molecule has 0 amide bonds. The molecule has 2 nitrogen and oxygen atoms in total. The fourth-order valence-corrected chi connectivity index (χ4v) is 6.41. The van der Waals surface area contributed by atoms with Crippen molar-refractivity contribution in [2.24, 2.45) is 0 Å². The Morgan fingerprint density at radius 1 is 0.581 bits per heavy atom. The lowest BCUT2D eigenvalue weighted by Crippen LogP contribution is -2.10. The van der Waals surface area contributed by atoms with Crippen molar-refractivity contribution < 1.29 is 4.79 Å². The number of nitrogens with zero attached hydrogens (tertiary/aromatic N) is 1. The highest BCUT2D eigenvalue weighted by molar-refractivity contribution is 7.30. The standard InChI is InChI=1S/C27H17NOS2/c29-27(20-14-8-3-9-15-20)28-21-16-23(18-10-4-1-5-11-18)30-25(21)26-22(28)17-24(31-26)19-12-6-2-7-13-19/h1-17H. The summed E-state index contributed by atoms with van der Waals surface area (Å²) in [6.07, 6.45) is 0. The number of thiophene rings is 2. The quantitative estimate of drug-likeness (QED) is 0.276. The van der Waals surface area contributed by atoms with Crippen LogP contribution in [-0.2, 0) is 0 Å². The third-order valence-electron chi connectivity index (χ3n) is 5.45. The Kier molecular flexibility index (Phi) is 4.34. The molecule has 0 spiro atoms. The third kappa shape index (κ3) is 3.03. The average Bonchev–Trinajstić information content (AvgIpc) is 3.51. The van der Waals surface area contributed by atoms with Crippen molar-refractivity contribution in [2.75, 3.05) is 0 Å². The second-order valence-electron chi connectivity index (χ2n) is 7.39. The molecular formula is C27H17NOS2. The van der Waals surface area contributed by atoms with Crippen LogP contribution in [0.25, 0.3) is 41.3 Å². The van der Waals surface area contributed by atoms with Crippen LogP contribution in [0.2, 0.25) is 0 Å². The van der Waals surface area contributed by atoms with E-state index in [1.54, 1.807) is 22.7 Å². The van der Waals surface area contributed by atoms with Crippen molar-refractivity contribution in [3.63, 3.8) is 0 Å². The molecule has 3 aromatic carbocycles. The summed E-state index contributed by atoms with van der Waals surface area (Å²) < 4.78 is 4.24. The van der Waals surface area contributed by atoms with Crippen molar-refractivity contribution in [2.45, 2.75) is 0 Å². The molecule has 0 N–H and O–H groups in total. The first-order valence-electron chi connectivity index (χ1n) is 10.1. The molecule has 6 aromatic rings. The summed E-state index contributed by atoms with van der Waals surface area (Å²) in [5.74, 6) is 0.00965. The van der Waals surface area contributed by atoms with E-state index < -0.39 is 0 Å². The molecule has 4 heteroatoms. The number of rotatable bonds is 3. The van der Waals surface area contributed by atoms with E-state index in [0.717, 1.165) is 11.0 Å². The van der Waals surface area contributed by atoms with Crippen molar-refractivity contribution >= 4 is 49.0 Å². The second kappa shape index (κ2) is 7.34. The first-order chi connectivity index (χ1) is 15.3. The SMILES string of the molecule is O=C(c1ccccc1)n1c2cc(-c3ccccc3)sc2c2sc(-c3ccccc3)cc21. The summed E-state index contributed by atoms with van der Waals surface area (Å²) in [7, 11) is 0. The molecule has 3 heterocycles. The normalized spacial score (nSPS) is 11.4. The Morgan fingerprint density at radius 2 is 1.00 bits per heavy atom. The minimum atomic E-state index is 0.00965. The molecule has 3 aromatic heterocycles. The predicted octanol–water partition coefficient (Wildman–Crippen LogP) is 7.94. The van der Waals surface area contributed by atoms with E-state index in [9.17, 15) is 4.79 Å². The van der Waals surface area contributed by atoms with Crippen LogP contribution in [0.4, 0.5) is 0 Å². The number of hydrogen-bond acceptors (Lipinski definition) is 3. The van der Waals surface area contributed by atoms with E-state index in [-0.39, 0.29) is 5.91 Å². The van der Waals surface area contributed by atoms with E-state index in [1.807, 2.05) is 47.0 Å². The molecule has 0 bridgehead atoms. The monoisotopic (exact) mass is 435 g/mol. The molecule has 0 saturated carbocycles. The van der Waals surface area contributed by atoms with E-state index in [2.05, 4.69) is 60.7 Å². The summed E-state index contributed by atoms with van der Waals surface area (Å²) in [4.78, 5) is 16.0. The van der Waals surface area contributed by atoms with Gasteiger partial charge in [0, 0.05) is 15.3 Å². The van der Waals surface area contributed by atoms with E-state index in [1.165, 1.54) is 30.3 Å².